The van der Waals surface area contributed by atoms with E-state index in [4.69, 9.17) is 22.1 Å². The van der Waals surface area contributed by atoms with Gasteiger partial charge in [-0.05, 0) is 59.6 Å². The molecule has 27 heavy (non-hydrogen) atoms. The van der Waals surface area contributed by atoms with Gasteiger partial charge in [-0.2, -0.15) is 0 Å². The number of nitrogens with zero attached hydrogens (tertiary/aromatic N) is 2. The number of nitrogens with two attached hydrogens (primary N) is 1. The maximum absolute atomic E-state index is 12.7. The summed E-state index contributed by atoms with van der Waals surface area (Å²) in [6.45, 7) is 1.81. The predicted octanol–water partition coefficient (Wildman–Crippen LogP) is 3.58. The molecule has 0 aliphatic heterocycles. The van der Waals surface area contributed by atoms with E-state index in [0.29, 0.717) is 33.2 Å². The predicted molar refractivity (Wildman–Crippen MR) is 111 cm³/mol. The van der Waals surface area contributed by atoms with Crippen LogP contribution in [0.3, 0.4) is 0 Å². The largest absolute Gasteiger partial charge is 0.465 e. The van der Waals surface area contributed by atoms with E-state index in [0.717, 1.165) is 5.56 Å². The molecule has 9 heteroatoms. The fourth-order valence-electron chi connectivity index (χ4n) is 2.52. The summed E-state index contributed by atoms with van der Waals surface area (Å²) in [6.07, 6.45) is 2.94. The molecular formula is C18H21BrClN3O3S. The molecule has 0 unspecified atom stereocenters. The first-order valence-electron chi connectivity index (χ1n) is 8.37. The van der Waals surface area contributed by atoms with E-state index >= 15 is 0 Å². The Morgan fingerprint density at radius 2 is 2.07 bits per heavy atom. The number of hydrogen-bond acceptors (Lipinski definition) is 6. The number of carbonyl (C=O) groups is 1. The molecule has 0 aliphatic carbocycles. The Balaban J connectivity index is 2.20. The van der Waals surface area contributed by atoms with Crippen LogP contribution in [0.25, 0.3) is 0 Å². The number of ether oxygens (including phenoxy) is 1. The molecule has 0 amide bonds. The fraction of sp³-hybridized carbons (Fsp3) is 0.389. The normalized spacial score (nSPS) is 12.0. The smallest absolute Gasteiger partial charge is 0.326 e. The molecule has 2 N–H and O–H groups in total. The van der Waals surface area contributed by atoms with Gasteiger partial charge in [-0.25, -0.2) is 4.98 Å². The van der Waals surface area contributed by atoms with Gasteiger partial charge in [0.25, 0.3) is 5.56 Å². The van der Waals surface area contributed by atoms with Gasteiger partial charge in [-0.15, -0.1) is 0 Å². The number of hydrogen-bond donors (Lipinski definition) is 1. The zero-order chi connectivity index (χ0) is 20.0. The fourth-order valence-corrected chi connectivity index (χ4v) is 3.72. The van der Waals surface area contributed by atoms with Gasteiger partial charge in [0.05, 0.1) is 12.3 Å². The molecule has 1 atom stereocenters. The Labute approximate surface area is 175 Å². The molecule has 6 nitrogen and oxygen atoms in total. The summed E-state index contributed by atoms with van der Waals surface area (Å²) < 4.78 is 6.59. The van der Waals surface area contributed by atoms with Gasteiger partial charge in [-0.3, -0.25) is 14.2 Å². The van der Waals surface area contributed by atoms with E-state index in [2.05, 4.69) is 20.9 Å². The van der Waals surface area contributed by atoms with Crippen molar-refractivity contribution >= 4 is 45.3 Å². The first-order chi connectivity index (χ1) is 12.9. The third-order valence-electron chi connectivity index (χ3n) is 3.91. The van der Waals surface area contributed by atoms with Crippen LogP contribution < -0.4 is 11.3 Å². The molecule has 0 fully saturated rings. The van der Waals surface area contributed by atoms with Gasteiger partial charge in [0.2, 0.25) is 0 Å². The Bertz CT molecular complexity index is 858. The number of aryl methyl sites for hydroxylation is 1. The van der Waals surface area contributed by atoms with E-state index in [9.17, 15) is 9.59 Å². The number of thioether (sulfide) groups is 1. The van der Waals surface area contributed by atoms with Crippen LogP contribution in [0.4, 0.5) is 0 Å². The Morgan fingerprint density at radius 1 is 1.41 bits per heavy atom. The van der Waals surface area contributed by atoms with Crippen molar-refractivity contribution in [2.24, 2.45) is 5.73 Å². The van der Waals surface area contributed by atoms with Crippen LogP contribution in [0, 0.1) is 0 Å². The molecule has 0 bridgehead atoms. The van der Waals surface area contributed by atoms with Gasteiger partial charge in [0.15, 0.2) is 5.16 Å². The minimum absolute atomic E-state index is 0.168. The number of rotatable bonds is 8. The molecule has 2 aromatic rings. The van der Waals surface area contributed by atoms with E-state index in [1.54, 1.807) is 25.3 Å². The summed E-state index contributed by atoms with van der Waals surface area (Å²) >= 11 is 10.5. The number of benzene rings is 1. The summed E-state index contributed by atoms with van der Waals surface area (Å²) in [4.78, 5) is 29.0. The van der Waals surface area contributed by atoms with Crippen LogP contribution in [0.2, 0.25) is 5.02 Å². The summed E-state index contributed by atoms with van der Waals surface area (Å²) in [7, 11) is 0. The van der Waals surface area contributed by atoms with Crippen molar-refractivity contribution in [1.82, 2.24) is 9.55 Å². The minimum Gasteiger partial charge on any atom is -0.465 e. The van der Waals surface area contributed by atoms with Crippen LogP contribution in [-0.2, 0) is 22.5 Å². The minimum atomic E-state index is -0.471. The first-order valence-corrected chi connectivity index (χ1v) is 10.8. The van der Waals surface area contributed by atoms with Crippen molar-refractivity contribution in [2.75, 3.05) is 12.9 Å². The van der Waals surface area contributed by atoms with Crippen molar-refractivity contribution in [2.45, 2.75) is 37.5 Å². The molecule has 0 saturated carbocycles. The van der Waals surface area contributed by atoms with E-state index < -0.39 is 5.97 Å². The third-order valence-corrected chi connectivity index (χ3v) is 5.64. The molecule has 2 rings (SSSR count). The second-order valence-electron chi connectivity index (χ2n) is 5.75. The van der Waals surface area contributed by atoms with E-state index in [1.807, 2.05) is 12.1 Å². The number of halogens is 2. The zero-order valence-corrected chi connectivity index (χ0v) is 18.2. The van der Waals surface area contributed by atoms with Crippen LogP contribution in [0.5, 0.6) is 0 Å². The number of aromatic nitrogens is 2. The Hall–Kier alpha value is -1.35. The van der Waals surface area contributed by atoms with Crippen LogP contribution in [0.1, 0.15) is 30.6 Å². The number of esters is 1. The van der Waals surface area contributed by atoms with Crippen LogP contribution >= 0.6 is 39.3 Å². The van der Waals surface area contributed by atoms with Crippen molar-refractivity contribution in [3.63, 3.8) is 0 Å². The lowest BCUT2D eigenvalue weighted by Gasteiger charge is -2.15. The van der Waals surface area contributed by atoms with Crippen molar-refractivity contribution in [3.05, 3.63) is 55.4 Å². The lowest BCUT2D eigenvalue weighted by atomic mass is 10.0. The average molecular weight is 475 g/mol. The SMILES string of the molecule is CCOC(=O)Cn1c(SC)nc(CC[C@H](N)c2ccc(Cl)cc2)c(Br)c1=O. The second kappa shape index (κ2) is 10.3. The van der Waals surface area contributed by atoms with Crippen molar-refractivity contribution < 1.29 is 9.53 Å². The maximum Gasteiger partial charge on any atom is 0.326 e. The maximum atomic E-state index is 12.7. The molecular weight excluding hydrogens is 454 g/mol. The van der Waals surface area contributed by atoms with Gasteiger partial charge >= 0.3 is 5.97 Å². The highest BCUT2D eigenvalue weighted by atomic mass is 79.9. The van der Waals surface area contributed by atoms with Crippen molar-refractivity contribution in [1.29, 1.82) is 0 Å². The summed E-state index contributed by atoms with van der Waals surface area (Å²) in [5, 5.41) is 1.12. The zero-order valence-electron chi connectivity index (χ0n) is 15.1. The quantitative estimate of drug-likeness (QED) is 0.357. The van der Waals surface area contributed by atoms with Gasteiger partial charge in [-0.1, -0.05) is 35.5 Å². The summed E-state index contributed by atoms with van der Waals surface area (Å²) in [5.41, 5.74) is 7.53. The monoisotopic (exact) mass is 473 g/mol. The third kappa shape index (κ3) is 5.81. The average Bonchev–Trinajstić information content (AvgIpc) is 2.65. The molecule has 1 aromatic heterocycles. The van der Waals surface area contributed by atoms with Gasteiger partial charge < -0.3 is 10.5 Å². The van der Waals surface area contributed by atoms with E-state index in [-0.39, 0.29) is 24.8 Å². The topological polar surface area (TPSA) is 87.2 Å². The molecule has 0 aliphatic rings. The summed E-state index contributed by atoms with van der Waals surface area (Å²) in [6, 6.07) is 7.18. The lowest BCUT2D eigenvalue weighted by Crippen LogP contribution is -2.29. The van der Waals surface area contributed by atoms with Crippen LogP contribution in [-0.4, -0.2) is 28.4 Å². The van der Waals surface area contributed by atoms with E-state index in [1.165, 1.54) is 16.3 Å². The molecule has 1 heterocycles. The highest BCUT2D eigenvalue weighted by Gasteiger charge is 2.18. The van der Waals surface area contributed by atoms with Crippen molar-refractivity contribution in [3.8, 4) is 0 Å². The van der Waals surface area contributed by atoms with Gasteiger partial charge in [0.1, 0.15) is 11.0 Å². The Morgan fingerprint density at radius 3 is 2.67 bits per heavy atom. The number of carbonyl (C=O) groups excluding carboxylic acids is 1. The summed E-state index contributed by atoms with van der Waals surface area (Å²) in [5.74, 6) is -0.471. The standard InChI is InChI=1S/C18H21BrClN3O3S/c1-3-26-15(24)10-23-17(25)16(19)14(22-18(23)27-2)9-8-13(21)11-4-6-12(20)7-5-11/h4-7,13H,3,8-10,21H2,1-2H3/t13-/m0/s1. The lowest BCUT2D eigenvalue weighted by molar-refractivity contribution is -0.144. The molecule has 146 valence electrons. The van der Waals surface area contributed by atoms with Crippen LogP contribution in [0.15, 0.2) is 38.7 Å². The molecule has 0 saturated heterocycles. The highest BCUT2D eigenvalue weighted by Crippen LogP contribution is 2.22. The van der Waals surface area contributed by atoms with Gasteiger partial charge in [0, 0.05) is 11.1 Å². The highest BCUT2D eigenvalue weighted by molar-refractivity contribution is 9.10. The molecule has 1 aromatic carbocycles. The Kier molecular flexibility index (Phi) is 8.34. The first kappa shape index (κ1) is 21.9. The second-order valence-corrected chi connectivity index (χ2v) is 7.76. The molecule has 0 radical (unpaired) electrons. The molecule has 0 spiro atoms.